The van der Waals surface area contributed by atoms with Crippen molar-refractivity contribution < 1.29 is 102 Å². The average Bonchev–Trinajstić information content (AvgIpc) is 1.54. The predicted molar refractivity (Wildman–Crippen MR) is 8.05 cm³/mol. The van der Waals surface area contributed by atoms with Crippen LogP contribution in [0.2, 0.25) is 0 Å². The van der Waals surface area contributed by atoms with Crippen LogP contribution in [-0.4, -0.2) is 14.8 Å². The number of hydrogen-bond donors (Lipinski definition) is 2. The standard InChI is InChI=1S/Ag.2ClHO3.ClO3.H2O/c;3*2-1(3)4;/h;2*2H;;1H2/q+1;;;-1;. The predicted octanol–water partition coefficient (Wildman–Crippen LogP) is -10.3. The van der Waals surface area contributed by atoms with Crippen LogP contribution in [0.5, 0.6) is 0 Å². The summed E-state index contributed by atoms with van der Waals surface area (Å²) in [6.07, 6.45) is 0. The minimum atomic E-state index is -2.85. The molecule has 0 aromatic carbocycles. The fourth-order valence-electron chi connectivity index (χ4n) is 0. The van der Waals surface area contributed by atoms with Gasteiger partial charge in [0.2, 0.25) is 0 Å². The zero-order chi connectivity index (χ0) is 10.7. The van der Waals surface area contributed by atoms with Crippen molar-refractivity contribution in [3.05, 3.63) is 0 Å². The second-order valence-corrected chi connectivity index (χ2v) is 1.77. The Hall–Kier alpha value is 1.21. The first kappa shape index (κ1) is 29.5. The van der Waals surface area contributed by atoms with E-state index in [0.29, 0.717) is 0 Å². The molecule has 0 bridgehead atoms. The largest absolute Gasteiger partial charge is 1.00 e. The molecule has 0 aromatic heterocycles. The molecule has 14 heteroatoms. The molecule has 0 aliphatic rings. The molecule has 0 aliphatic carbocycles. The van der Waals surface area contributed by atoms with Gasteiger partial charge in [-0.05, 0) is 0 Å². The topological polar surface area (TPSA) is 233 Å². The minimum Gasteiger partial charge on any atom is -0.412 e. The van der Waals surface area contributed by atoms with Gasteiger partial charge in [0.05, 0.1) is 10.8 Å². The molecule has 0 radical (unpaired) electrons. The number of rotatable bonds is 0. The first-order valence-corrected chi connectivity index (χ1v) is 4.25. The quantitative estimate of drug-likeness (QED) is 0.380. The van der Waals surface area contributed by atoms with Gasteiger partial charge in [0.15, 0.2) is 0 Å². The van der Waals surface area contributed by atoms with Crippen LogP contribution in [0.3, 0.4) is 0 Å². The molecule has 0 saturated carbocycles. The van der Waals surface area contributed by atoms with Gasteiger partial charge in [-0.25, -0.2) is 0 Å². The summed E-state index contributed by atoms with van der Waals surface area (Å²) in [5.74, 6) is 0. The van der Waals surface area contributed by atoms with Crippen molar-refractivity contribution in [1.82, 2.24) is 0 Å². The van der Waals surface area contributed by atoms with E-state index >= 15 is 0 Å². The Kier molecular flexibility index (Phi) is 50.1. The summed E-state index contributed by atoms with van der Waals surface area (Å²) in [5.41, 5.74) is 0. The molecule has 0 spiro atoms. The molecular weight excluding hydrogens is 374 g/mol. The van der Waals surface area contributed by atoms with Crippen LogP contribution in [0.25, 0.3) is 0 Å². The van der Waals surface area contributed by atoms with Crippen molar-refractivity contribution in [2.75, 3.05) is 0 Å². The second-order valence-electron chi connectivity index (χ2n) is 0.591. The summed E-state index contributed by atoms with van der Waals surface area (Å²) in [4.78, 5) is 0. The van der Waals surface area contributed by atoms with E-state index < -0.39 is 32.4 Å². The molecule has 10 nitrogen and oxygen atoms in total. The molecule has 0 unspecified atom stereocenters. The zero-order valence-corrected chi connectivity index (χ0v) is 9.44. The van der Waals surface area contributed by atoms with Crippen molar-refractivity contribution in [2.45, 2.75) is 0 Å². The molecule has 0 fully saturated rings. The van der Waals surface area contributed by atoms with Gasteiger partial charge in [-0.1, -0.05) is 0 Å². The van der Waals surface area contributed by atoms with Crippen molar-refractivity contribution in [3.8, 4) is 0 Å². The van der Waals surface area contributed by atoms with Gasteiger partial charge in [0.1, 0.15) is 0 Å². The van der Waals surface area contributed by atoms with Gasteiger partial charge in [-0.15, -0.1) is 0 Å². The fourth-order valence-corrected chi connectivity index (χ4v) is 0. The second kappa shape index (κ2) is 23.8. The molecule has 96 valence electrons. The average molecular weight is 378 g/mol. The van der Waals surface area contributed by atoms with Crippen molar-refractivity contribution in [2.24, 2.45) is 0 Å². The first-order chi connectivity index (χ1) is 5.20. The monoisotopic (exact) mass is 376 g/mol. The van der Waals surface area contributed by atoms with E-state index in [-0.39, 0.29) is 27.9 Å². The summed E-state index contributed by atoms with van der Waals surface area (Å²) in [6.45, 7) is 0. The molecule has 0 aromatic rings. The molecule has 0 aliphatic heterocycles. The van der Waals surface area contributed by atoms with Crippen molar-refractivity contribution in [3.63, 3.8) is 0 Å². The third-order valence-corrected chi connectivity index (χ3v) is 0. The summed E-state index contributed by atoms with van der Waals surface area (Å²) >= 11 is 0. The Bertz CT molecular complexity index is 43.9. The fraction of sp³-hybridized carbons (Fsp3) is 0. The van der Waals surface area contributed by atoms with E-state index in [2.05, 4.69) is 0 Å². The van der Waals surface area contributed by atoms with Gasteiger partial charge in [0.25, 0.3) is 21.6 Å². The molecule has 0 saturated heterocycles. The first-order valence-electron chi connectivity index (χ1n) is 1.42. The Balaban J connectivity index is -0.0000000270. The van der Waals surface area contributed by atoms with E-state index in [1.807, 2.05) is 0 Å². The van der Waals surface area contributed by atoms with Crippen molar-refractivity contribution >= 4 is 0 Å². The summed E-state index contributed by atoms with van der Waals surface area (Å²) in [6, 6.07) is 0. The normalized spacial score (nSPS) is 7.71. The van der Waals surface area contributed by atoms with Crippen LogP contribution in [0.4, 0.5) is 0 Å². The van der Waals surface area contributed by atoms with Crippen LogP contribution in [0, 0.1) is 32.4 Å². The van der Waals surface area contributed by atoms with Crippen molar-refractivity contribution in [1.29, 1.82) is 0 Å². The third kappa shape index (κ3) is 1340. The van der Waals surface area contributed by atoms with Gasteiger partial charge in [-0.3, -0.25) is 0 Å². The number of hydrogen-bond acceptors (Lipinski definition) is 9. The maximum atomic E-state index is 8.52. The van der Waals surface area contributed by atoms with Gasteiger partial charge < -0.3 is 38.1 Å². The smallest absolute Gasteiger partial charge is 0.412 e. The zero-order valence-electron chi connectivity index (χ0n) is 5.69. The van der Waals surface area contributed by atoms with Gasteiger partial charge in [-0.2, -0.15) is 0 Å². The molecule has 0 rings (SSSR count). The molecular formula is H4AgCl3O10. The maximum absolute atomic E-state index is 8.52. The van der Waals surface area contributed by atoms with E-state index in [1.165, 1.54) is 0 Å². The third-order valence-electron chi connectivity index (χ3n) is 0. The van der Waals surface area contributed by atoms with Gasteiger partial charge in [0, 0.05) is 9.32 Å². The Morgan fingerprint density at radius 2 is 0.643 bits per heavy atom. The van der Waals surface area contributed by atoms with E-state index in [4.69, 9.17) is 41.9 Å². The van der Waals surface area contributed by atoms with Crippen LogP contribution < -0.4 is 32.6 Å². The number of halogens is 3. The van der Waals surface area contributed by atoms with Crippen LogP contribution >= 0.6 is 0 Å². The molecule has 0 heterocycles. The van der Waals surface area contributed by atoms with E-state index in [1.54, 1.807) is 0 Å². The Morgan fingerprint density at radius 3 is 0.643 bits per heavy atom. The summed E-state index contributed by atoms with van der Waals surface area (Å²) < 4.78 is 73.2. The molecule has 14 heavy (non-hydrogen) atoms. The van der Waals surface area contributed by atoms with E-state index in [0.717, 1.165) is 0 Å². The van der Waals surface area contributed by atoms with E-state index in [9.17, 15) is 0 Å². The summed E-state index contributed by atoms with van der Waals surface area (Å²) in [7, 11) is -8.06. The minimum absolute atomic E-state index is 0. The Morgan fingerprint density at radius 1 is 0.643 bits per heavy atom. The van der Waals surface area contributed by atoms with Crippen LogP contribution in [0.15, 0.2) is 0 Å². The molecule has 0 atom stereocenters. The van der Waals surface area contributed by atoms with Crippen LogP contribution in [0.1, 0.15) is 0 Å². The molecule has 0 amide bonds. The maximum Gasteiger partial charge on any atom is 1.00 e. The Labute approximate surface area is 102 Å². The SMILES string of the molecule is O.[Ag+].[O-][Cl+2]([O-])O.[O-][Cl+2]([O-])O.[O-][Cl+2]([O-])[O-]. The van der Waals surface area contributed by atoms with Crippen LogP contribution in [-0.2, 0) is 22.4 Å². The van der Waals surface area contributed by atoms with Gasteiger partial charge >= 0.3 is 22.4 Å². The summed E-state index contributed by atoms with van der Waals surface area (Å²) in [5, 5.41) is 0. The molecule has 4 N–H and O–H groups in total.